The first-order valence-electron chi connectivity index (χ1n) is 7.55. The normalized spacial score (nSPS) is 34.5. The molecule has 0 aromatic carbocycles. The number of rotatable bonds is 3. The Bertz CT molecular complexity index is 478. The highest BCUT2D eigenvalue weighted by molar-refractivity contribution is 6.05. The van der Waals surface area contributed by atoms with Crippen LogP contribution in [0.25, 0.3) is 0 Å². The van der Waals surface area contributed by atoms with Gasteiger partial charge in [-0.3, -0.25) is 19.4 Å². The van der Waals surface area contributed by atoms with E-state index in [1.807, 2.05) is 11.8 Å². The molecule has 0 aromatic rings. The molecule has 0 spiro atoms. The molecule has 0 aromatic heterocycles. The van der Waals surface area contributed by atoms with Crippen molar-refractivity contribution in [3.63, 3.8) is 0 Å². The SMILES string of the molecule is CC1CN(C2CC(=O)N(CC(F)(F)F)C2=O)CC(C2CC2)O1. The molecule has 0 radical (unpaired) electrons. The number of ether oxygens (including phenoxy) is 1. The zero-order valence-electron chi connectivity index (χ0n) is 12.3. The molecule has 8 heteroatoms. The van der Waals surface area contributed by atoms with Gasteiger partial charge < -0.3 is 4.74 Å². The van der Waals surface area contributed by atoms with Crippen LogP contribution in [0.3, 0.4) is 0 Å². The number of morpholine rings is 1. The summed E-state index contributed by atoms with van der Waals surface area (Å²) in [6, 6.07) is -0.776. The lowest BCUT2D eigenvalue weighted by Crippen LogP contribution is -2.54. The molecule has 1 saturated carbocycles. The van der Waals surface area contributed by atoms with Gasteiger partial charge in [0.15, 0.2) is 0 Å². The van der Waals surface area contributed by atoms with Gasteiger partial charge in [-0.2, -0.15) is 13.2 Å². The fourth-order valence-corrected chi connectivity index (χ4v) is 3.30. The highest BCUT2D eigenvalue weighted by atomic mass is 19.4. The molecule has 3 rings (SSSR count). The van der Waals surface area contributed by atoms with Gasteiger partial charge in [-0.1, -0.05) is 0 Å². The minimum atomic E-state index is -4.56. The standard InChI is InChI=1S/C14H19F3N2O3/c1-8-5-18(6-11(22-8)9-2-3-9)10-4-12(20)19(13(10)21)7-14(15,16)17/h8-11H,2-7H2,1H3. The Morgan fingerprint density at radius 3 is 2.50 bits per heavy atom. The number of carbonyl (C=O) groups excluding carboxylic acids is 2. The van der Waals surface area contributed by atoms with E-state index in [-0.39, 0.29) is 18.6 Å². The maximum Gasteiger partial charge on any atom is 0.406 e. The van der Waals surface area contributed by atoms with Gasteiger partial charge >= 0.3 is 6.18 Å². The third-order valence-electron chi connectivity index (χ3n) is 4.46. The van der Waals surface area contributed by atoms with Gasteiger partial charge in [0.2, 0.25) is 11.8 Å². The average Bonchev–Trinajstić information content (AvgIpc) is 3.20. The highest BCUT2D eigenvalue weighted by Gasteiger charge is 2.48. The Morgan fingerprint density at radius 1 is 1.23 bits per heavy atom. The van der Waals surface area contributed by atoms with E-state index < -0.39 is 30.6 Å². The van der Waals surface area contributed by atoms with Crippen molar-refractivity contribution in [1.82, 2.24) is 9.80 Å². The predicted molar refractivity (Wildman–Crippen MR) is 69.8 cm³/mol. The van der Waals surface area contributed by atoms with Crippen molar-refractivity contribution in [1.29, 1.82) is 0 Å². The van der Waals surface area contributed by atoms with Gasteiger partial charge in [0, 0.05) is 13.1 Å². The number of nitrogens with zero attached hydrogens (tertiary/aromatic N) is 2. The second-order valence-corrected chi connectivity index (χ2v) is 6.43. The summed E-state index contributed by atoms with van der Waals surface area (Å²) in [5, 5.41) is 0. The molecule has 0 bridgehead atoms. The van der Waals surface area contributed by atoms with Crippen LogP contribution in [0.2, 0.25) is 0 Å². The molecule has 2 saturated heterocycles. The van der Waals surface area contributed by atoms with Crippen molar-refractivity contribution in [2.45, 2.75) is 50.6 Å². The van der Waals surface area contributed by atoms with Gasteiger partial charge in [-0.15, -0.1) is 0 Å². The van der Waals surface area contributed by atoms with Gasteiger partial charge in [0.1, 0.15) is 6.54 Å². The molecule has 1 aliphatic carbocycles. The zero-order valence-corrected chi connectivity index (χ0v) is 12.3. The van der Waals surface area contributed by atoms with Crippen molar-refractivity contribution in [2.75, 3.05) is 19.6 Å². The van der Waals surface area contributed by atoms with Gasteiger partial charge in [0.25, 0.3) is 0 Å². The van der Waals surface area contributed by atoms with E-state index >= 15 is 0 Å². The molecule has 3 atom stereocenters. The van der Waals surface area contributed by atoms with Crippen molar-refractivity contribution >= 4 is 11.8 Å². The molecule has 3 unspecified atom stereocenters. The van der Waals surface area contributed by atoms with E-state index in [0.29, 0.717) is 23.9 Å². The summed E-state index contributed by atoms with van der Waals surface area (Å²) in [5.41, 5.74) is 0. The number of likely N-dealkylation sites (tertiary alicyclic amines) is 1. The largest absolute Gasteiger partial charge is 0.406 e. The van der Waals surface area contributed by atoms with E-state index in [2.05, 4.69) is 0 Å². The quantitative estimate of drug-likeness (QED) is 0.733. The Labute approximate surface area is 126 Å². The van der Waals surface area contributed by atoms with Crippen LogP contribution in [-0.2, 0) is 14.3 Å². The zero-order chi connectivity index (χ0) is 16.1. The van der Waals surface area contributed by atoms with E-state index in [1.54, 1.807) is 0 Å². The van der Waals surface area contributed by atoms with Gasteiger partial charge in [0.05, 0.1) is 24.7 Å². The van der Waals surface area contributed by atoms with Crippen LogP contribution in [0.1, 0.15) is 26.2 Å². The number of hydrogen-bond acceptors (Lipinski definition) is 4. The van der Waals surface area contributed by atoms with Crippen LogP contribution in [0.5, 0.6) is 0 Å². The third-order valence-corrected chi connectivity index (χ3v) is 4.46. The monoisotopic (exact) mass is 320 g/mol. The summed E-state index contributed by atoms with van der Waals surface area (Å²) >= 11 is 0. The third kappa shape index (κ3) is 3.27. The lowest BCUT2D eigenvalue weighted by atomic mass is 10.1. The summed E-state index contributed by atoms with van der Waals surface area (Å²) in [6.45, 7) is 1.37. The molecule has 3 fully saturated rings. The molecule has 22 heavy (non-hydrogen) atoms. The maximum atomic E-state index is 12.5. The summed E-state index contributed by atoms with van der Waals surface area (Å²) in [5.74, 6) is -0.996. The molecule has 2 aliphatic heterocycles. The molecule has 3 aliphatic rings. The van der Waals surface area contributed by atoms with Crippen LogP contribution in [-0.4, -0.2) is 65.7 Å². The summed E-state index contributed by atoms with van der Waals surface area (Å²) in [4.78, 5) is 26.2. The fourth-order valence-electron chi connectivity index (χ4n) is 3.30. The Balaban J connectivity index is 1.69. The van der Waals surface area contributed by atoms with E-state index in [0.717, 1.165) is 12.8 Å². The first kappa shape index (κ1) is 15.7. The van der Waals surface area contributed by atoms with Crippen LogP contribution in [0.4, 0.5) is 13.2 Å². The van der Waals surface area contributed by atoms with Crippen molar-refractivity contribution in [2.24, 2.45) is 5.92 Å². The van der Waals surface area contributed by atoms with Crippen LogP contribution in [0, 0.1) is 5.92 Å². The fraction of sp³-hybridized carbons (Fsp3) is 0.857. The van der Waals surface area contributed by atoms with Gasteiger partial charge in [-0.05, 0) is 25.7 Å². The van der Waals surface area contributed by atoms with Crippen LogP contribution >= 0.6 is 0 Å². The molecular weight excluding hydrogens is 301 g/mol. The molecule has 2 amide bonds. The first-order valence-corrected chi connectivity index (χ1v) is 7.55. The van der Waals surface area contributed by atoms with Gasteiger partial charge in [-0.25, -0.2) is 0 Å². The lowest BCUT2D eigenvalue weighted by Gasteiger charge is -2.39. The number of amides is 2. The molecule has 2 heterocycles. The minimum Gasteiger partial charge on any atom is -0.372 e. The predicted octanol–water partition coefficient (Wildman–Crippen LogP) is 1.18. The van der Waals surface area contributed by atoms with Crippen molar-refractivity contribution < 1.29 is 27.5 Å². The molecule has 124 valence electrons. The summed E-state index contributed by atoms with van der Waals surface area (Å²) in [7, 11) is 0. The minimum absolute atomic E-state index is 0.0170. The Hall–Kier alpha value is -1.15. The first-order chi connectivity index (χ1) is 10.2. The van der Waals surface area contributed by atoms with E-state index in [1.165, 1.54) is 0 Å². The summed E-state index contributed by atoms with van der Waals surface area (Å²) < 4.78 is 43.3. The Kier molecular flexibility index (Phi) is 3.92. The second-order valence-electron chi connectivity index (χ2n) is 6.43. The summed E-state index contributed by atoms with van der Waals surface area (Å²) in [6.07, 6.45) is -2.62. The molecule has 5 nitrogen and oxygen atoms in total. The van der Waals surface area contributed by atoms with Crippen LogP contribution in [0.15, 0.2) is 0 Å². The number of imide groups is 1. The van der Waals surface area contributed by atoms with E-state index in [4.69, 9.17) is 4.74 Å². The highest BCUT2D eigenvalue weighted by Crippen LogP contribution is 2.37. The van der Waals surface area contributed by atoms with Crippen molar-refractivity contribution in [3.8, 4) is 0 Å². The molecule has 0 N–H and O–H groups in total. The number of alkyl halides is 3. The van der Waals surface area contributed by atoms with Crippen molar-refractivity contribution in [3.05, 3.63) is 0 Å². The second kappa shape index (κ2) is 5.49. The topological polar surface area (TPSA) is 49.9 Å². The van der Waals surface area contributed by atoms with Crippen LogP contribution < -0.4 is 0 Å². The number of carbonyl (C=O) groups is 2. The average molecular weight is 320 g/mol. The number of hydrogen-bond donors (Lipinski definition) is 0. The maximum absolute atomic E-state index is 12.5. The smallest absolute Gasteiger partial charge is 0.372 e. The lowest BCUT2D eigenvalue weighted by molar-refractivity contribution is -0.167. The molecular formula is C14H19F3N2O3. The number of halogens is 3. The Morgan fingerprint density at radius 2 is 1.91 bits per heavy atom. The van der Waals surface area contributed by atoms with E-state index in [9.17, 15) is 22.8 Å².